The molecule has 0 saturated carbocycles. The quantitative estimate of drug-likeness (QED) is 0.0715. The van der Waals surface area contributed by atoms with Crippen LogP contribution in [-0.4, -0.2) is 23.4 Å². The van der Waals surface area contributed by atoms with E-state index in [-0.39, 0.29) is 11.7 Å². The molecule has 0 heterocycles. The van der Waals surface area contributed by atoms with Crippen LogP contribution in [0.1, 0.15) is 30.9 Å². The molecule has 2 amide bonds. The highest BCUT2D eigenvalue weighted by atomic mass is 32.2. The number of unbranched alkanes of at least 4 members (excludes halogenated alkanes) is 1. The van der Waals surface area contributed by atoms with Crippen molar-refractivity contribution in [2.45, 2.75) is 30.3 Å². The van der Waals surface area contributed by atoms with E-state index in [1.165, 1.54) is 6.08 Å². The summed E-state index contributed by atoms with van der Waals surface area (Å²) in [6.45, 7) is 0. The predicted octanol–water partition coefficient (Wildman–Crippen LogP) is 7.50. The van der Waals surface area contributed by atoms with Gasteiger partial charge in [-0.25, -0.2) is 4.79 Å². The number of carbonyl (C=O) groups excluding carboxylic acids is 2. The van der Waals surface area contributed by atoms with Gasteiger partial charge in [-0.15, -0.1) is 11.8 Å². The number of allylic oxidation sites excluding steroid dienone is 1. The van der Waals surface area contributed by atoms with E-state index in [0.29, 0.717) is 41.7 Å². The van der Waals surface area contributed by atoms with Gasteiger partial charge >= 0.3 is 6.09 Å². The molecule has 4 rings (SSSR count). The van der Waals surface area contributed by atoms with Crippen molar-refractivity contribution in [3.63, 3.8) is 0 Å². The molecule has 0 aliphatic heterocycles. The Bertz CT molecular complexity index is 1470. The number of nitrogens with two attached hydrogens (primary N) is 1. The summed E-state index contributed by atoms with van der Waals surface area (Å²) >= 11 is 1.62. The molecule has 200 valence electrons. The number of phenols is 1. The Morgan fingerprint density at radius 3 is 2.41 bits per heavy atom. The molecule has 0 spiro atoms. The van der Waals surface area contributed by atoms with Gasteiger partial charge in [0.1, 0.15) is 11.9 Å². The number of amides is 2. The second kappa shape index (κ2) is 13.4. The molecular formula is C31H31N3O4S. The van der Waals surface area contributed by atoms with E-state index in [0.717, 1.165) is 15.8 Å². The zero-order valence-corrected chi connectivity index (χ0v) is 22.4. The minimum Gasteiger partial charge on any atom is -0.507 e. The summed E-state index contributed by atoms with van der Waals surface area (Å²) in [5.41, 5.74) is 8.39. The van der Waals surface area contributed by atoms with Crippen molar-refractivity contribution in [2.75, 3.05) is 22.6 Å². The number of anilines is 3. The number of para-hydroxylation sites is 2. The summed E-state index contributed by atoms with van der Waals surface area (Å²) in [4.78, 5) is 26.2. The fourth-order valence-corrected chi connectivity index (χ4v) is 4.62. The van der Waals surface area contributed by atoms with Crippen LogP contribution in [0.4, 0.5) is 21.9 Å². The van der Waals surface area contributed by atoms with Crippen LogP contribution >= 0.6 is 11.8 Å². The summed E-state index contributed by atoms with van der Waals surface area (Å²) < 4.78 is 5.91. The predicted molar refractivity (Wildman–Crippen MR) is 159 cm³/mol. The number of fused-ring (bicyclic) bond motifs is 1. The van der Waals surface area contributed by atoms with Crippen LogP contribution in [0.25, 0.3) is 10.8 Å². The van der Waals surface area contributed by atoms with Gasteiger partial charge in [0.15, 0.2) is 0 Å². The molecule has 0 fully saturated rings. The van der Waals surface area contributed by atoms with E-state index in [1.807, 2.05) is 54.8 Å². The summed E-state index contributed by atoms with van der Waals surface area (Å²) in [5, 5.41) is 17.4. The number of phenolic OH excluding ortho intramolecular Hbond substituents is 1. The average molecular weight is 542 g/mol. The lowest BCUT2D eigenvalue weighted by Gasteiger charge is -2.21. The highest BCUT2D eigenvalue weighted by Gasteiger charge is 2.20. The zero-order valence-electron chi connectivity index (χ0n) is 21.6. The minimum absolute atomic E-state index is 0.166. The molecule has 0 aliphatic rings. The monoisotopic (exact) mass is 541 g/mol. The van der Waals surface area contributed by atoms with Crippen molar-refractivity contribution in [3.8, 4) is 5.75 Å². The van der Waals surface area contributed by atoms with Crippen molar-refractivity contribution in [3.05, 3.63) is 103 Å². The molecule has 0 saturated heterocycles. The first-order valence-electron chi connectivity index (χ1n) is 12.6. The Balaban J connectivity index is 1.43. The van der Waals surface area contributed by atoms with Gasteiger partial charge in [-0.1, -0.05) is 48.5 Å². The van der Waals surface area contributed by atoms with Gasteiger partial charge in [0.2, 0.25) is 5.91 Å². The number of nitrogen functional groups attached to an aromatic ring is 1. The fourth-order valence-electron chi connectivity index (χ4n) is 4.21. The number of thioether (sulfide) groups is 1. The van der Waals surface area contributed by atoms with Gasteiger partial charge in [0.25, 0.3) is 0 Å². The maximum atomic E-state index is 12.9. The number of hydrogen-bond donors (Lipinski definition) is 4. The third kappa shape index (κ3) is 7.55. The smallest absolute Gasteiger partial charge is 0.412 e. The highest BCUT2D eigenvalue weighted by Crippen LogP contribution is 2.35. The molecule has 0 aliphatic carbocycles. The lowest BCUT2D eigenvalue weighted by molar-refractivity contribution is -0.111. The van der Waals surface area contributed by atoms with Crippen molar-refractivity contribution in [1.82, 2.24) is 0 Å². The third-order valence-electron chi connectivity index (χ3n) is 6.19. The Morgan fingerprint density at radius 1 is 0.949 bits per heavy atom. The van der Waals surface area contributed by atoms with Gasteiger partial charge in [0, 0.05) is 21.5 Å². The number of benzene rings is 4. The van der Waals surface area contributed by atoms with Gasteiger partial charge in [-0.2, -0.15) is 0 Å². The summed E-state index contributed by atoms with van der Waals surface area (Å²) in [6, 6.07) is 25.5. The van der Waals surface area contributed by atoms with Crippen molar-refractivity contribution >= 4 is 51.6 Å². The number of nitrogens with one attached hydrogen (secondary N) is 2. The van der Waals surface area contributed by atoms with Crippen LogP contribution in [0, 0.1) is 0 Å². The van der Waals surface area contributed by atoms with Crippen LogP contribution in [0.15, 0.2) is 102 Å². The molecule has 7 nitrogen and oxygen atoms in total. The van der Waals surface area contributed by atoms with Crippen LogP contribution in [0.3, 0.4) is 0 Å². The normalized spacial score (nSPS) is 11.8. The molecule has 0 bridgehead atoms. The topological polar surface area (TPSA) is 114 Å². The van der Waals surface area contributed by atoms with Gasteiger partial charge in [-0.3, -0.25) is 10.1 Å². The second-order valence-corrected chi connectivity index (χ2v) is 9.76. The van der Waals surface area contributed by atoms with Crippen LogP contribution in [0.2, 0.25) is 0 Å². The first kappa shape index (κ1) is 27.6. The lowest BCUT2D eigenvalue weighted by atomic mass is 9.96. The SMILES string of the molecule is CSc1ccc(NC(=O)O[C@@H](CCC/C=C/C(=O)Nc2ccccc2N)c2ccc(O)c3ccccc23)cc1. The minimum atomic E-state index is -0.565. The average Bonchev–Trinajstić information content (AvgIpc) is 2.94. The van der Waals surface area contributed by atoms with Gasteiger partial charge < -0.3 is 20.9 Å². The van der Waals surface area contributed by atoms with Crippen LogP contribution in [0.5, 0.6) is 5.75 Å². The van der Waals surface area contributed by atoms with Crippen molar-refractivity contribution in [1.29, 1.82) is 0 Å². The van der Waals surface area contributed by atoms with E-state index in [2.05, 4.69) is 10.6 Å². The number of aromatic hydroxyl groups is 1. The van der Waals surface area contributed by atoms with Crippen molar-refractivity contribution in [2.24, 2.45) is 0 Å². The molecular weight excluding hydrogens is 510 g/mol. The number of carbonyl (C=O) groups is 2. The zero-order chi connectivity index (χ0) is 27.6. The molecule has 0 aromatic heterocycles. The van der Waals surface area contributed by atoms with E-state index in [9.17, 15) is 14.7 Å². The van der Waals surface area contributed by atoms with E-state index >= 15 is 0 Å². The maximum Gasteiger partial charge on any atom is 0.412 e. The summed E-state index contributed by atoms with van der Waals surface area (Å²) in [5.74, 6) is -0.100. The summed E-state index contributed by atoms with van der Waals surface area (Å²) in [7, 11) is 0. The fraction of sp³-hybridized carbons (Fsp3) is 0.161. The Morgan fingerprint density at radius 2 is 1.67 bits per heavy atom. The second-order valence-electron chi connectivity index (χ2n) is 8.88. The summed E-state index contributed by atoms with van der Waals surface area (Å²) in [6.07, 6.45) is 5.90. The van der Waals surface area contributed by atoms with Crippen molar-refractivity contribution < 1.29 is 19.4 Å². The lowest BCUT2D eigenvalue weighted by Crippen LogP contribution is -2.18. The molecule has 1 atom stereocenters. The van der Waals surface area contributed by atoms with E-state index in [4.69, 9.17) is 10.5 Å². The Hall–Kier alpha value is -4.43. The molecule has 4 aromatic carbocycles. The molecule has 8 heteroatoms. The van der Waals surface area contributed by atoms with E-state index < -0.39 is 12.2 Å². The molecule has 0 unspecified atom stereocenters. The van der Waals surface area contributed by atoms with Crippen LogP contribution in [-0.2, 0) is 9.53 Å². The van der Waals surface area contributed by atoms with Crippen LogP contribution < -0.4 is 16.4 Å². The molecule has 4 aromatic rings. The Kier molecular flexibility index (Phi) is 9.48. The molecule has 0 radical (unpaired) electrons. The van der Waals surface area contributed by atoms with Gasteiger partial charge in [0.05, 0.1) is 11.4 Å². The highest BCUT2D eigenvalue weighted by molar-refractivity contribution is 7.98. The third-order valence-corrected chi connectivity index (χ3v) is 6.94. The largest absolute Gasteiger partial charge is 0.507 e. The first-order chi connectivity index (χ1) is 18.9. The molecule has 39 heavy (non-hydrogen) atoms. The van der Waals surface area contributed by atoms with E-state index in [1.54, 1.807) is 54.2 Å². The number of ether oxygens (including phenoxy) is 1. The number of hydrogen-bond acceptors (Lipinski definition) is 6. The molecule has 5 N–H and O–H groups in total. The Labute approximate surface area is 232 Å². The standard InChI is InChI=1S/C31H31N3O4S/c1-39-22-17-15-21(16-18-22)33-31(37)38-29(25-19-20-28(35)24-10-6-5-9-23(24)25)13-3-2-4-14-30(36)34-27-12-8-7-11-26(27)32/h4-12,14-20,29,35H,2-3,13,32H2,1H3,(H,33,37)(H,34,36)/b14-4+/t29-/m0/s1. The first-order valence-corrected chi connectivity index (χ1v) is 13.8. The van der Waals surface area contributed by atoms with Gasteiger partial charge in [-0.05, 0) is 79.4 Å². The maximum absolute atomic E-state index is 12.9. The number of rotatable bonds is 10.